The lowest BCUT2D eigenvalue weighted by molar-refractivity contribution is 0.0377. The molecule has 4 rings (SSSR count). The molecular weight excluding hydrogens is 348 g/mol. The summed E-state index contributed by atoms with van der Waals surface area (Å²) in [6.45, 7) is 1.89. The molecular formula is C20H20N2O5. The molecule has 0 radical (unpaired) electrons. The van der Waals surface area contributed by atoms with Crippen LogP contribution in [-0.4, -0.2) is 31.9 Å². The molecule has 2 aromatic carbocycles. The van der Waals surface area contributed by atoms with Gasteiger partial charge in [-0.25, -0.2) is 9.59 Å². The van der Waals surface area contributed by atoms with E-state index in [1.54, 1.807) is 42.3 Å². The maximum absolute atomic E-state index is 12.9. The quantitative estimate of drug-likeness (QED) is 0.842. The van der Waals surface area contributed by atoms with Crippen LogP contribution in [0.2, 0.25) is 0 Å². The Labute approximate surface area is 156 Å². The van der Waals surface area contributed by atoms with Gasteiger partial charge < -0.3 is 19.5 Å². The van der Waals surface area contributed by atoms with Crippen LogP contribution in [0.25, 0.3) is 0 Å². The SMILES string of the molecule is COC(=O)c1ccc2c(c1)[C@H]1C[C@](C)(O2)N(c2ccc(OC)cc2)C(=O)N1. The van der Waals surface area contributed by atoms with Gasteiger partial charge in [-0.1, -0.05) is 0 Å². The molecule has 2 aliphatic rings. The van der Waals surface area contributed by atoms with Crippen LogP contribution in [0.1, 0.15) is 35.3 Å². The molecule has 0 unspecified atom stereocenters. The first-order chi connectivity index (χ1) is 12.9. The summed E-state index contributed by atoms with van der Waals surface area (Å²) >= 11 is 0. The number of carbonyl (C=O) groups excluding carboxylic acids is 2. The Kier molecular flexibility index (Phi) is 3.95. The van der Waals surface area contributed by atoms with Crippen LogP contribution >= 0.6 is 0 Å². The standard InChI is InChI=1S/C20H20N2O5/c1-20-11-16(15-10-12(18(23)26-3)4-9-17(15)27-20)21-19(24)22(20)13-5-7-14(25-2)8-6-13/h4-10,16H,11H2,1-3H3,(H,21,24)/t16-,20+/m1/s1. The van der Waals surface area contributed by atoms with Crippen molar-refractivity contribution < 1.29 is 23.8 Å². The Balaban J connectivity index is 1.72. The second kappa shape index (κ2) is 6.19. The minimum absolute atomic E-state index is 0.245. The van der Waals surface area contributed by atoms with E-state index in [0.29, 0.717) is 29.2 Å². The number of methoxy groups -OCH3 is 2. The summed E-state index contributed by atoms with van der Waals surface area (Å²) < 4.78 is 16.2. The summed E-state index contributed by atoms with van der Waals surface area (Å²) in [5.41, 5.74) is 1.07. The molecule has 2 aliphatic heterocycles. The Morgan fingerprint density at radius 1 is 1.22 bits per heavy atom. The van der Waals surface area contributed by atoms with Crippen LogP contribution in [0.3, 0.4) is 0 Å². The van der Waals surface area contributed by atoms with E-state index < -0.39 is 11.7 Å². The molecule has 2 heterocycles. The number of benzene rings is 2. The number of urea groups is 1. The number of amides is 2. The molecule has 7 nitrogen and oxygen atoms in total. The van der Waals surface area contributed by atoms with Crippen molar-refractivity contribution in [3.8, 4) is 11.5 Å². The molecule has 140 valence electrons. The average Bonchev–Trinajstić information content (AvgIpc) is 2.67. The van der Waals surface area contributed by atoms with E-state index in [4.69, 9.17) is 14.2 Å². The van der Waals surface area contributed by atoms with Gasteiger partial charge in [-0.15, -0.1) is 0 Å². The molecule has 2 amide bonds. The van der Waals surface area contributed by atoms with Crippen molar-refractivity contribution in [3.05, 3.63) is 53.6 Å². The maximum atomic E-state index is 12.9. The highest BCUT2D eigenvalue weighted by atomic mass is 16.5. The third kappa shape index (κ3) is 2.75. The van der Waals surface area contributed by atoms with Gasteiger partial charge in [0.2, 0.25) is 0 Å². The van der Waals surface area contributed by atoms with E-state index in [0.717, 1.165) is 5.56 Å². The van der Waals surface area contributed by atoms with Crippen molar-refractivity contribution in [2.75, 3.05) is 19.1 Å². The number of carbonyl (C=O) groups is 2. The first-order valence-electron chi connectivity index (χ1n) is 8.61. The molecule has 0 aromatic heterocycles. The van der Waals surface area contributed by atoms with Crippen LogP contribution in [0.15, 0.2) is 42.5 Å². The fourth-order valence-corrected chi connectivity index (χ4v) is 3.74. The van der Waals surface area contributed by atoms with Gasteiger partial charge in [0.05, 0.1) is 25.8 Å². The number of fused-ring (bicyclic) bond motifs is 4. The minimum atomic E-state index is -0.846. The molecule has 1 N–H and O–H groups in total. The number of nitrogens with one attached hydrogen (secondary N) is 1. The van der Waals surface area contributed by atoms with Gasteiger partial charge in [0, 0.05) is 17.7 Å². The topological polar surface area (TPSA) is 77.1 Å². The normalized spacial score (nSPS) is 23.0. The average molecular weight is 368 g/mol. The Morgan fingerprint density at radius 2 is 1.96 bits per heavy atom. The van der Waals surface area contributed by atoms with E-state index in [1.807, 2.05) is 19.1 Å². The number of anilines is 1. The molecule has 1 fully saturated rings. The Hall–Kier alpha value is -3.22. The fourth-order valence-electron chi connectivity index (χ4n) is 3.74. The minimum Gasteiger partial charge on any atom is -0.497 e. The largest absolute Gasteiger partial charge is 0.497 e. The molecule has 2 aromatic rings. The third-order valence-electron chi connectivity index (χ3n) is 5.02. The summed E-state index contributed by atoms with van der Waals surface area (Å²) in [4.78, 5) is 26.3. The van der Waals surface area contributed by atoms with Crippen molar-refractivity contribution in [3.63, 3.8) is 0 Å². The second-order valence-electron chi connectivity index (χ2n) is 6.76. The van der Waals surface area contributed by atoms with E-state index in [-0.39, 0.29) is 12.1 Å². The molecule has 0 spiro atoms. The van der Waals surface area contributed by atoms with Crippen molar-refractivity contribution >= 4 is 17.7 Å². The van der Waals surface area contributed by atoms with Gasteiger partial charge in [0.1, 0.15) is 11.5 Å². The predicted molar refractivity (Wildman–Crippen MR) is 98.2 cm³/mol. The van der Waals surface area contributed by atoms with Crippen LogP contribution in [-0.2, 0) is 4.74 Å². The fraction of sp³-hybridized carbons (Fsp3) is 0.300. The van der Waals surface area contributed by atoms with Crippen molar-refractivity contribution in [2.24, 2.45) is 0 Å². The van der Waals surface area contributed by atoms with Crippen LogP contribution in [0.5, 0.6) is 11.5 Å². The maximum Gasteiger partial charge on any atom is 0.337 e. The van der Waals surface area contributed by atoms with Crippen molar-refractivity contribution in [1.82, 2.24) is 5.32 Å². The first-order valence-corrected chi connectivity index (χ1v) is 8.61. The zero-order valence-electron chi connectivity index (χ0n) is 15.3. The zero-order valence-corrected chi connectivity index (χ0v) is 15.3. The highest BCUT2D eigenvalue weighted by molar-refractivity contribution is 5.95. The molecule has 7 heteroatoms. The Bertz CT molecular complexity index is 911. The van der Waals surface area contributed by atoms with Gasteiger partial charge in [-0.2, -0.15) is 0 Å². The third-order valence-corrected chi connectivity index (χ3v) is 5.02. The second-order valence-corrected chi connectivity index (χ2v) is 6.76. The number of hydrogen-bond donors (Lipinski definition) is 1. The van der Waals surface area contributed by atoms with Gasteiger partial charge >= 0.3 is 12.0 Å². The molecule has 2 bridgehead atoms. The number of esters is 1. The smallest absolute Gasteiger partial charge is 0.337 e. The predicted octanol–water partition coefficient (Wildman–Crippen LogP) is 3.25. The number of rotatable bonds is 3. The number of hydrogen-bond acceptors (Lipinski definition) is 5. The molecule has 0 aliphatic carbocycles. The zero-order chi connectivity index (χ0) is 19.2. The van der Waals surface area contributed by atoms with Gasteiger partial charge in [0.15, 0.2) is 5.72 Å². The van der Waals surface area contributed by atoms with Crippen molar-refractivity contribution in [2.45, 2.75) is 25.1 Å². The van der Waals surface area contributed by atoms with Gasteiger partial charge in [-0.3, -0.25) is 4.90 Å². The van der Waals surface area contributed by atoms with Gasteiger partial charge in [-0.05, 0) is 49.4 Å². The highest BCUT2D eigenvalue weighted by Crippen LogP contribution is 2.45. The Morgan fingerprint density at radius 3 is 2.63 bits per heavy atom. The molecule has 1 saturated heterocycles. The van der Waals surface area contributed by atoms with Gasteiger partial charge in [0.25, 0.3) is 0 Å². The summed E-state index contributed by atoms with van der Waals surface area (Å²) in [7, 11) is 2.93. The van der Waals surface area contributed by atoms with Crippen LogP contribution < -0.4 is 19.7 Å². The van der Waals surface area contributed by atoms with E-state index in [2.05, 4.69) is 5.32 Å². The summed E-state index contributed by atoms with van der Waals surface area (Å²) in [5, 5.41) is 3.01. The highest BCUT2D eigenvalue weighted by Gasteiger charge is 2.50. The summed E-state index contributed by atoms with van der Waals surface area (Å²) in [6, 6.07) is 11.9. The van der Waals surface area contributed by atoms with E-state index >= 15 is 0 Å². The summed E-state index contributed by atoms with van der Waals surface area (Å²) in [6.07, 6.45) is 0.544. The summed E-state index contributed by atoms with van der Waals surface area (Å²) in [5.74, 6) is 0.928. The van der Waals surface area contributed by atoms with Crippen LogP contribution in [0.4, 0.5) is 10.5 Å². The van der Waals surface area contributed by atoms with Crippen molar-refractivity contribution in [1.29, 1.82) is 0 Å². The number of nitrogens with zero attached hydrogens (tertiary/aromatic N) is 1. The number of ether oxygens (including phenoxy) is 3. The van der Waals surface area contributed by atoms with E-state index in [9.17, 15) is 9.59 Å². The molecule has 2 atom stereocenters. The first kappa shape index (κ1) is 17.2. The molecule has 0 saturated carbocycles. The lowest BCUT2D eigenvalue weighted by Crippen LogP contribution is -2.65. The lowest BCUT2D eigenvalue weighted by Gasteiger charge is -2.50. The van der Waals surface area contributed by atoms with E-state index in [1.165, 1.54) is 7.11 Å². The molecule has 27 heavy (non-hydrogen) atoms. The lowest BCUT2D eigenvalue weighted by atomic mass is 9.89. The monoisotopic (exact) mass is 368 g/mol. The van der Waals surface area contributed by atoms with Crippen LogP contribution in [0, 0.1) is 0 Å².